The number of benzene rings is 1. The van der Waals surface area contributed by atoms with Gasteiger partial charge in [0.15, 0.2) is 0 Å². The van der Waals surface area contributed by atoms with Crippen LogP contribution < -0.4 is 10.5 Å². The highest BCUT2D eigenvalue weighted by molar-refractivity contribution is 6.32. The maximum atomic E-state index is 5.92. The van der Waals surface area contributed by atoms with E-state index in [-0.39, 0.29) is 0 Å². The Kier molecular flexibility index (Phi) is 2.69. The van der Waals surface area contributed by atoms with Crippen molar-refractivity contribution in [1.29, 1.82) is 0 Å². The third-order valence-corrected chi connectivity index (χ3v) is 2.02. The summed E-state index contributed by atoms with van der Waals surface area (Å²) in [5.74, 6) is 0.849. The lowest BCUT2D eigenvalue weighted by atomic mass is 10.3. The predicted molar refractivity (Wildman–Crippen MR) is 58.0 cm³/mol. The Hall–Kier alpha value is -1.81. The molecular formula is C10H8ClN3O. The van der Waals surface area contributed by atoms with Crippen molar-refractivity contribution in [3.8, 4) is 11.6 Å². The highest BCUT2D eigenvalue weighted by Gasteiger charge is 2.04. The second-order valence-electron chi connectivity index (χ2n) is 2.84. The zero-order chi connectivity index (χ0) is 10.7. The van der Waals surface area contributed by atoms with Crippen molar-refractivity contribution < 1.29 is 4.74 Å². The molecular weight excluding hydrogens is 214 g/mol. The number of rotatable bonds is 2. The first-order valence-corrected chi connectivity index (χ1v) is 4.62. The van der Waals surface area contributed by atoms with Crippen LogP contribution in [0.1, 0.15) is 0 Å². The van der Waals surface area contributed by atoms with Crippen LogP contribution in [0.2, 0.25) is 5.02 Å². The van der Waals surface area contributed by atoms with E-state index in [0.717, 1.165) is 0 Å². The van der Waals surface area contributed by atoms with Gasteiger partial charge in [-0.3, -0.25) is 4.98 Å². The Morgan fingerprint density at radius 1 is 1.27 bits per heavy atom. The maximum absolute atomic E-state index is 5.92. The molecule has 0 radical (unpaired) electrons. The van der Waals surface area contributed by atoms with Crippen molar-refractivity contribution >= 4 is 17.3 Å². The molecule has 2 N–H and O–H groups in total. The van der Waals surface area contributed by atoms with Gasteiger partial charge in [0.25, 0.3) is 0 Å². The Balaban J connectivity index is 2.28. The summed E-state index contributed by atoms with van der Waals surface area (Å²) in [6.45, 7) is 0. The minimum atomic E-state index is 0.380. The van der Waals surface area contributed by atoms with Crippen LogP contribution >= 0.6 is 11.6 Å². The molecule has 4 nitrogen and oxygen atoms in total. The van der Waals surface area contributed by atoms with Crippen molar-refractivity contribution in [2.45, 2.75) is 0 Å². The quantitative estimate of drug-likeness (QED) is 0.792. The summed E-state index contributed by atoms with van der Waals surface area (Å²) in [7, 11) is 0. The smallest absolute Gasteiger partial charge is 0.237 e. The van der Waals surface area contributed by atoms with Gasteiger partial charge in [-0.25, -0.2) is 4.98 Å². The first-order chi connectivity index (χ1) is 7.25. The van der Waals surface area contributed by atoms with Gasteiger partial charge in [0.1, 0.15) is 5.75 Å². The summed E-state index contributed by atoms with van der Waals surface area (Å²) in [5.41, 5.74) is 6.19. The first-order valence-electron chi connectivity index (χ1n) is 4.24. The minimum Gasteiger partial charge on any atom is -0.436 e. The average molecular weight is 222 g/mol. The molecule has 0 aliphatic heterocycles. The fraction of sp³-hybridized carbons (Fsp3) is 0. The lowest BCUT2D eigenvalue weighted by molar-refractivity contribution is 0.460. The molecule has 0 spiro atoms. The summed E-state index contributed by atoms with van der Waals surface area (Å²) < 4.78 is 5.40. The Morgan fingerprint density at radius 2 is 2.13 bits per heavy atom. The molecule has 0 aliphatic rings. The second kappa shape index (κ2) is 4.14. The molecule has 0 saturated carbocycles. The molecule has 0 atom stereocenters. The van der Waals surface area contributed by atoms with Gasteiger partial charge in [0.2, 0.25) is 5.88 Å². The summed E-state index contributed by atoms with van der Waals surface area (Å²) >= 11 is 5.92. The number of nitrogen functional groups attached to an aromatic ring is 1. The van der Waals surface area contributed by atoms with E-state index in [2.05, 4.69) is 9.97 Å². The first kappa shape index (κ1) is 9.73. The Morgan fingerprint density at radius 3 is 2.87 bits per heavy atom. The third kappa shape index (κ3) is 2.35. The van der Waals surface area contributed by atoms with Crippen molar-refractivity contribution in [1.82, 2.24) is 9.97 Å². The normalized spacial score (nSPS) is 9.93. The predicted octanol–water partition coefficient (Wildman–Crippen LogP) is 2.50. The largest absolute Gasteiger partial charge is 0.436 e. The van der Waals surface area contributed by atoms with Gasteiger partial charge in [0.05, 0.1) is 11.2 Å². The van der Waals surface area contributed by atoms with Gasteiger partial charge in [-0.1, -0.05) is 11.6 Å². The molecule has 15 heavy (non-hydrogen) atoms. The van der Waals surface area contributed by atoms with E-state index >= 15 is 0 Å². The van der Waals surface area contributed by atoms with E-state index in [9.17, 15) is 0 Å². The molecule has 0 bridgehead atoms. The fourth-order valence-corrected chi connectivity index (χ4v) is 1.21. The Bertz CT molecular complexity index is 461. The zero-order valence-electron chi connectivity index (χ0n) is 7.72. The van der Waals surface area contributed by atoms with Crippen molar-refractivity contribution in [2.75, 3.05) is 5.73 Å². The number of hydrogen-bond acceptors (Lipinski definition) is 4. The van der Waals surface area contributed by atoms with Gasteiger partial charge in [-0.15, -0.1) is 0 Å². The molecule has 0 aliphatic carbocycles. The SMILES string of the molecule is Nc1ccc(Cl)c(Oc2cnccn2)c1. The third-order valence-electron chi connectivity index (χ3n) is 1.71. The van der Waals surface area contributed by atoms with E-state index in [1.165, 1.54) is 12.4 Å². The summed E-state index contributed by atoms with van der Waals surface area (Å²) in [4.78, 5) is 7.83. The van der Waals surface area contributed by atoms with Crippen LogP contribution in [0.5, 0.6) is 11.6 Å². The van der Waals surface area contributed by atoms with Gasteiger partial charge in [-0.2, -0.15) is 0 Å². The molecule has 5 heteroatoms. The molecule has 76 valence electrons. The van der Waals surface area contributed by atoms with Crippen LogP contribution in [0.25, 0.3) is 0 Å². The summed E-state index contributed by atoms with van der Waals surface area (Å²) in [5, 5.41) is 0.481. The molecule has 2 rings (SSSR count). The molecule has 0 amide bonds. The van der Waals surface area contributed by atoms with Crippen molar-refractivity contribution in [3.05, 3.63) is 41.8 Å². The average Bonchev–Trinajstić information content (AvgIpc) is 2.25. The molecule has 0 saturated heterocycles. The summed E-state index contributed by atoms with van der Waals surface area (Å²) in [6, 6.07) is 5.01. The molecule has 1 heterocycles. The molecule has 0 unspecified atom stereocenters. The van der Waals surface area contributed by atoms with Crippen LogP contribution in [0, 0.1) is 0 Å². The van der Waals surface area contributed by atoms with Crippen LogP contribution in [0.15, 0.2) is 36.8 Å². The Labute approximate surface area is 91.7 Å². The number of hydrogen-bond donors (Lipinski definition) is 1. The lowest BCUT2D eigenvalue weighted by Crippen LogP contribution is -1.91. The van der Waals surface area contributed by atoms with E-state index < -0.39 is 0 Å². The second-order valence-corrected chi connectivity index (χ2v) is 3.24. The van der Waals surface area contributed by atoms with Gasteiger partial charge in [-0.05, 0) is 12.1 Å². The summed E-state index contributed by atoms with van der Waals surface area (Å²) in [6.07, 6.45) is 4.60. The number of ether oxygens (including phenoxy) is 1. The number of nitrogens with two attached hydrogens (primary N) is 1. The van der Waals surface area contributed by atoms with Crippen LogP contribution in [0.4, 0.5) is 5.69 Å². The van der Waals surface area contributed by atoms with E-state index in [4.69, 9.17) is 22.1 Å². The van der Waals surface area contributed by atoms with E-state index in [1.54, 1.807) is 24.4 Å². The fourth-order valence-electron chi connectivity index (χ4n) is 1.05. The number of aromatic nitrogens is 2. The number of halogens is 1. The maximum Gasteiger partial charge on any atom is 0.237 e. The van der Waals surface area contributed by atoms with Gasteiger partial charge in [0, 0.05) is 24.1 Å². The molecule has 0 fully saturated rings. The van der Waals surface area contributed by atoms with Crippen LogP contribution in [-0.4, -0.2) is 9.97 Å². The van der Waals surface area contributed by atoms with E-state index in [1.807, 2.05) is 0 Å². The minimum absolute atomic E-state index is 0.380. The topological polar surface area (TPSA) is 61.0 Å². The highest BCUT2D eigenvalue weighted by Crippen LogP contribution is 2.29. The van der Waals surface area contributed by atoms with Gasteiger partial charge < -0.3 is 10.5 Å². The molecule has 1 aromatic carbocycles. The monoisotopic (exact) mass is 221 g/mol. The number of nitrogens with zero attached hydrogens (tertiary/aromatic N) is 2. The van der Waals surface area contributed by atoms with Gasteiger partial charge >= 0.3 is 0 Å². The van der Waals surface area contributed by atoms with Crippen LogP contribution in [0.3, 0.4) is 0 Å². The van der Waals surface area contributed by atoms with E-state index in [0.29, 0.717) is 22.3 Å². The van der Waals surface area contributed by atoms with Crippen molar-refractivity contribution in [2.24, 2.45) is 0 Å². The number of anilines is 1. The molecule has 2 aromatic rings. The molecule has 1 aromatic heterocycles. The highest BCUT2D eigenvalue weighted by atomic mass is 35.5. The van der Waals surface area contributed by atoms with Crippen LogP contribution in [-0.2, 0) is 0 Å². The standard InChI is InChI=1S/C10H8ClN3O/c11-8-2-1-7(12)5-9(8)15-10-6-13-3-4-14-10/h1-6H,12H2. The van der Waals surface area contributed by atoms with Crippen molar-refractivity contribution in [3.63, 3.8) is 0 Å². The zero-order valence-corrected chi connectivity index (χ0v) is 8.48. The lowest BCUT2D eigenvalue weighted by Gasteiger charge is -2.06.